The molecule has 0 saturated carbocycles. The molecule has 0 amide bonds. The van der Waals surface area contributed by atoms with Gasteiger partial charge in [-0.3, -0.25) is 0 Å². The Kier molecular flexibility index (Phi) is 4.57. The van der Waals surface area contributed by atoms with Crippen molar-refractivity contribution in [1.29, 1.82) is 0 Å². The number of piperidine rings is 1. The van der Waals surface area contributed by atoms with Crippen LogP contribution in [0.5, 0.6) is 0 Å². The molecule has 6 heteroatoms. The third-order valence-electron chi connectivity index (χ3n) is 3.84. The van der Waals surface area contributed by atoms with Crippen LogP contribution in [0.2, 0.25) is 0 Å². The van der Waals surface area contributed by atoms with Gasteiger partial charge in [-0.25, -0.2) is 4.98 Å². The summed E-state index contributed by atoms with van der Waals surface area (Å²) in [6, 6.07) is 4.05. The maximum atomic E-state index is 10.00. The summed E-state index contributed by atoms with van der Waals surface area (Å²) < 4.78 is 5.21. The van der Waals surface area contributed by atoms with Crippen molar-refractivity contribution >= 4 is 16.5 Å². The van der Waals surface area contributed by atoms with E-state index in [1.54, 1.807) is 29.7 Å². The lowest BCUT2D eigenvalue weighted by Gasteiger charge is -2.32. The Morgan fingerprint density at radius 2 is 2.33 bits per heavy atom. The van der Waals surface area contributed by atoms with Crippen LogP contribution in [0, 0.1) is 6.92 Å². The molecule has 1 saturated heterocycles. The lowest BCUT2D eigenvalue weighted by atomic mass is 10.1. The first kappa shape index (κ1) is 14.6. The van der Waals surface area contributed by atoms with Crippen LogP contribution in [0.15, 0.2) is 28.2 Å². The largest absolute Gasteiger partial charge is 0.467 e. The second-order valence-electron chi connectivity index (χ2n) is 5.47. The van der Waals surface area contributed by atoms with E-state index in [0.29, 0.717) is 18.3 Å². The minimum atomic E-state index is -0.570. The lowest BCUT2D eigenvalue weighted by molar-refractivity contribution is 0.141. The number of aryl methyl sites for hydroxylation is 1. The number of hydrogen-bond acceptors (Lipinski definition) is 6. The van der Waals surface area contributed by atoms with Gasteiger partial charge in [0.1, 0.15) is 11.9 Å². The van der Waals surface area contributed by atoms with E-state index in [-0.39, 0.29) is 0 Å². The van der Waals surface area contributed by atoms with Gasteiger partial charge in [-0.15, -0.1) is 11.3 Å². The zero-order chi connectivity index (χ0) is 14.7. The first-order valence-electron chi connectivity index (χ1n) is 7.34. The Morgan fingerprint density at radius 3 is 2.95 bits per heavy atom. The fourth-order valence-corrected chi connectivity index (χ4v) is 3.48. The smallest absolute Gasteiger partial charge is 0.185 e. The summed E-state index contributed by atoms with van der Waals surface area (Å²) in [5.41, 5.74) is 1.09. The van der Waals surface area contributed by atoms with Crippen LogP contribution < -0.4 is 10.2 Å². The van der Waals surface area contributed by atoms with Gasteiger partial charge in [0.15, 0.2) is 5.13 Å². The molecule has 21 heavy (non-hydrogen) atoms. The number of aromatic nitrogens is 1. The minimum Gasteiger partial charge on any atom is -0.467 e. The molecule has 1 unspecified atom stereocenters. The molecule has 114 valence electrons. The fourth-order valence-electron chi connectivity index (χ4n) is 2.62. The number of furan rings is 1. The van der Waals surface area contributed by atoms with Crippen LogP contribution in [0.1, 0.15) is 30.4 Å². The maximum absolute atomic E-state index is 10.00. The van der Waals surface area contributed by atoms with Crippen molar-refractivity contribution in [3.8, 4) is 0 Å². The van der Waals surface area contributed by atoms with Crippen molar-refractivity contribution in [3.05, 3.63) is 35.2 Å². The van der Waals surface area contributed by atoms with Crippen LogP contribution in [-0.4, -0.2) is 35.8 Å². The van der Waals surface area contributed by atoms with Gasteiger partial charge in [-0.1, -0.05) is 0 Å². The van der Waals surface area contributed by atoms with Gasteiger partial charge >= 0.3 is 0 Å². The van der Waals surface area contributed by atoms with Gasteiger partial charge < -0.3 is 19.7 Å². The molecule has 2 aromatic heterocycles. The van der Waals surface area contributed by atoms with E-state index in [9.17, 15) is 5.11 Å². The van der Waals surface area contributed by atoms with Gasteiger partial charge in [0.05, 0.1) is 12.0 Å². The summed E-state index contributed by atoms with van der Waals surface area (Å²) in [4.78, 5) is 6.89. The molecule has 0 spiro atoms. The highest BCUT2D eigenvalue weighted by molar-refractivity contribution is 7.13. The highest BCUT2D eigenvalue weighted by Gasteiger charge is 2.21. The van der Waals surface area contributed by atoms with Crippen molar-refractivity contribution in [2.75, 3.05) is 24.5 Å². The summed E-state index contributed by atoms with van der Waals surface area (Å²) >= 11 is 1.72. The van der Waals surface area contributed by atoms with Gasteiger partial charge in [0.25, 0.3) is 0 Å². The molecule has 3 rings (SSSR count). The van der Waals surface area contributed by atoms with Crippen LogP contribution in [0.4, 0.5) is 5.13 Å². The number of aliphatic hydroxyl groups excluding tert-OH is 1. The SMILES string of the molecule is Cc1csc(N2CCC(NCC(O)c3ccco3)CC2)n1. The minimum absolute atomic E-state index is 0.451. The number of thiazole rings is 1. The molecule has 1 atom stereocenters. The van der Waals surface area contributed by atoms with Crippen molar-refractivity contribution in [2.24, 2.45) is 0 Å². The molecule has 0 bridgehead atoms. The lowest BCUT2D eigenvalue weighted by Crippen LogP contribution is -2.43. The summed E-state index contributed by atoms with van der Waals surface area (Å²) in [7, 11) is 0. The Bertz CT molecular complexity index is 547. The van der Waals surface area contributed by atoms with E-state index in [2.05, 4.69) is 20.6 Å². The highest BCUT2D eigenvalue weighted by Crippen LogP contribution is 2.24. The second kappa shape index (κ2) is 6.60. The molecule has 5 nitrogen and oxygen atoms in total. The topological polar surface area (TPSA) is 61.5 Å². The van der Waals surface area contributed by atoms with Crippen molar-refractivity contribution < 1.29 is 9.52 Å². The number of rotatable bonds is 5. The Balaban J connectivity index is 1.43. The predicted molar refractivity (Wildman–Crippen MR) is 83.8 cm³/mol. The van der Waals surface area contributed by atoms with Gasteiger partial charge in [0, 0.05) is 31.1 Å². The van der Waals surface area contributed by atoms with Crippen LogP contribution in [0.25, 0.3) is 0 Å². The molecule has 1 aliphatic rings. The van der Waals surface area contributed by atoms with Gasteiger partial charge in [-0.05, 0) is 31.9 Å². The number of nitrogens with zero attached hydrogens (tertiary/aromatic N) is 2. The Hall–Kier alpha value is -1.37. The van der Waals surface area contributed by atoms with Gasteiger partial charge in [0.2, 0.25) is 0 Å². The third-order valence-corrected chi connectivity index (χ3v) is 4.86. The molecule has 0 aromatic carbocycles. The van der Waals surface area contributed by atoms with Crippen LogP contribution >= 0.6 is 11.3 Å². The number of nitrogens with one attached hydrogen (secondary N) is 1. The van der Waals surface area contributed by atoms with E-state index < -0.39 is 6.10 Å². The zero-order valence-electron chi connectivity index (χ0n) is 12.2. The Labute approximate surface area is 128 Å². The van der Waals surface area contributed by atoms with Gasteiger partial charge in [-0.2, -0.15) is 0 Å². The maximum Gasteiger partial charge on any atom is 0.185 e. The molecule has 0 radical (unpaired) electrons. The Morgan fingerprint density at radius 1 is 1.52 bits per heavy atom. The van der Waals surface area contributed by atoms with E-state index >= 15 is 0 Å². The van der Waals surface area contributed by atoms with E-state index in [1.807, 2.05) is 6.92 Å². The molecule has 3 heterocycles. The fraction of sp³-hybridized carbons (Fsp3) is 0.533. The first-order valence-corrected chi connectivity index (χ1v) is 8.22. The average molecular weight is 307 g/mol. The number of aliphatic hydroxyl groups is 1. The van der Waals surface area contributed by atoms with Crippen LogP contribution in [0.3, 0.4) is 0 Å². The predicted octanol–water partition coefficient (Wildman–Crippen LogP) is 2.34. The second-order valence-corrected chi connectivity index (χ2v) is 6.31. The monoisotopic (exact) mass is 307 g/mol. The van der Waals surface area contributed by atoms with E-state index in [0.717, 1.165) is 36.8 Å². The molecule has 2 aromatic rings. The number of hydrogen-bond donors (Lipinski definition) is 2. The summed E-state index contributed by atoms with van der Waals surface area (Å²) in [6.07, 6.45) is 3.17. The average Bonchev–Trinajstić information content (AvgIpc) is 3.17. The highest BCUT2D eigenvalue weighted by atomic mass is 32.1. The summed E-state index contributed by atoms with van der Waals surface area (Å²) in [6.45, 7) is 4.60. The number of anilines is 1. The van der Waals surface area contributed by atoms with Crippen LogP contribution in [-0.2, 0) is 0 Å². The molecule has 2 N–H and O–H groups in total. The third kappa shape index (κ3) is 3.64. The molecule has 0 aliphatic carbocycles. The molecule has 1 aliphatic heterocycles. The van der Waals surface area contributed by atoms with Crippen molar-refractivity contribution in [3.63, 3.8) is 0 Å². The standard InChI is InChI=1S/C15H21N3O2S/c1-11-10-21-15(17-11)18-6-4-12(5-7-18)16-9-13(19)14-3-2-8-20-14/h2-3,8,10,12-13,16,19H,4-7,9H2,1H3. The van der Waals surface area contributed by atoms with Crippen molar-refractivity contribution in [1.82, 2.24) is 10.3 Å². The molecular formula is C15H21N3O2S. The molecular weight excluding hydrogens is 286 g/mol. The molecule has 1 fully saturated rings. The first-order chi connectivity index (χ1) is 10.2. The summed E-state index contributed by atoms with van der Waals surface area (Å²) in [5, 5.41) is 16.7. The van der Waals surface area contributed by atoms with Crippen molar-refractivity contribution in [2.45, 2.75) is 31.9 Å². The summed E-state index contributed by atoms with van der Waals surface area (Å²) in [5.74, 6) is 0.623. The zero-order valence-corrected chi connectivity index (χ0v) is 13.0. The van der Waals surface area contributed by atoms with E-state index in [4.69, 9.17) is 4.42 Å². The quantitative estimate of drug-likeness (QED) is 0.888. The normalized spacial score (nSPS) is 18.1. The van der Waals surface area contributed by atoms with E-state index in [1.165, 1.54) is 0 Å².